The van der Waals surface area contributed by atoms with E-state index in [0.29, 0.717) is 5.92 Å². The number of hydrogen-bond acceptors (Lipinski definition) is 2. The molecule has 28 heavy (non-hydrogen) atoms. The highest BCUT2D eigenvalue weighted by molar-refractivity contribution is 5.51. The number of nitrogens with two attached hydrogens (primary N) is 2. The number of benzene rings is 3. The maximum absolute atomic E-state index is 5.98. The van der Waals surface area contributed by atoms with Gasteiger partial charge in [-0.2, -0.15) is 0 Å². The molecule has 2 nitrogen and oxygen atoms in total. The van der Waals surface area contributed by atoms with Crippen LogP contribution in [0.1, 0.15) is 55.9 Å². The van der Waals surface area contributed by atoms with E-state index in [1.54, 1.807) is 0 Å². The van der Waals surface area contributed by atoms with Crippen molar-refractivity contribution in [2.75, 3.05) is 11.5 Å². The van der Waals surface area contributed by atoms with Gasteiger partial charge in [0.2, 0.25) is 0 Å². The van der Waals surface area contributed by atoms with Gasteiger partial charge in [0, 0.05) is 22.2 Å². The Hall–Kier alpha value is -2.74. The third kappa shape index (κ3) is 2.79. The molecule has 0 spiro atoms. The zero-order chi connectivity index (χ0) is 19.9. The maximum atomic E-state index is 5.98. The highest BCUT2D eigenvalue weighted by Gasteiger charge is 2.43. The predicted molar refractivity (Wildman–Crippen MR) is 119 cm³/mol. The van der Waals surface area contributed by atoms with Gasteiger partial charge in [0.25, 0.3) is 0 Å². The van der Waals surface area contributed by atoms with E-state index in [0.717, 1.165) is 24.2 Å². The molecular weight excluding hydrogens is 340 g/mol. The van der Waals surface area contributed by atoms with Crippen LogP contribution in [0.15, 0.2) is 72.8 Å². The number of rotatable bonds is 3. The van der Waals surface area contributed by atoms with Crippen molar-refractivity contribution in [2.45, 2.75) is 44.4 Å². The lowest BCUT2D eigenvalue weighted by molar-refractivity contribution is 0.262. The summed E-state index contributed by atoms with van der Waals surface area (Å²) < 4.78 is 0. The second-order valence-corrected chi connectivity index (χ2v) is 8.67. The minimum atomic E-state index is -0.0591. The fourth-order valence-electron chi connectivity index (χ4n) is 5.15. The summed E-state index contributed by atoms with van der Waals surface area (Å²) in [5.41, 5.74) is 18.9. The van der Waals surface area contributed by atoms with Crippen LogP contribution in [0.25, 0.3) is 0 Å². The Morgan fingerprint density at radius 2 is 1.04 bits per heavy atom. The fourth-order valence-corrected chi connectivity index (χ4v) is 5.15. The maximum Gasteiger partial charge on any atom is 0.0314 e. The first-order valence-corrected chi connectivity index (χ1v) is 10.2. The summed E-state index contributed by atoms with van der Waals surface area (Å²) in [4.78, 5) is 0. The topological polar surface area (TPSA) is 52.0 Å². The van der Waals surface area contributed by atoms with E-state index >= 15 is 0 Å². The standard InChI is InChI=1S/C26H30N2/c1-4-18-17-25(2,20-9-13-23(27)14-10-20)19-5-7-21(8-6-19)26(18,3)22-11-15-24(28)16-12-22/h5-16,18H,4,17,27-28H2,1-3H3. The van der Waals surface area contributed by atoms with Crippen LogP contribution >= 0.6 is 0 Å². The molecule has 3 unspecified atom stereocenters. The van der Waals surface area contributed by atoms with E-state index in [4.69, 9.17) is 11.5 Å². The van der Waals surface area contributed by atoms with E-state index in [9.17, 15) is 0 Å². The van der Waals surface area contributed by atoms with Crippen molar-refractivity contribution in [2.24, 2.45) is 5.92 Å². The molecule has 0 fully saturated rings. The highest BCUT2D eigenvalue weighted by Crippen LogP contribution is 2.50. The molecule has 5 rings (SSSR count). The van der Waals surface area contributed by atoms with Crippen LogP contribution < -0.4 is 11.5 Å². The molecular formula is C26H30N2. The van der Waals surface area contributed by atoms with E-state index in [2.05, 4.69) is 69.3 Å². The summed E-state index contributed by atoms with van der Waals surface area (Å²) >= 11 is 0. The average Bonchev–Trinajstić information content (AvgIpc) is 2.71. The first kappa shape index (κ1) is 18.6. The van der Waals surface area contributed by atoms with Gasteiger partial charge in [0.1, 0.15) is 0 Å². The molecule has 3 atom stereocenters. The summed E-state index contributed by atoms with van der Waals surface area (Å²) in [6.07, 6.45) is 2.20. The van der Waals surface area contributed by atoms with Crippen molar-refractivity contribution >= 4 is 11.4 Å². The van der Waals surface area contributed by atoms with Crippen molar-refractivity contribution in [1.29, 1.82) is 0 Å². The molecule has 0 saturated carbocycles. The van der Waals surface area contributed by atoms with Gasteiger partial charge in [0.05, 0.1) is 0 Å². The molecule has 2 bridgehead atoms. The Morgan fingerprint density at radius 1 is 0.679 bits per heavy atom. The predicted octanol–water partition coefficient (Wildman–Crippen LogP) is 5.89. The van der Waals surface area contributed by atoms with E-state index in [1.807, 2.05) is 24.3 Å². The van der Waals surface area contributed by atoms with Gasteiger partial charge >= 0.3 is 0 Å². The Morgan fingerprint density at radius 3 is 1.46 bits per heavy atom. The number of nitrogen functional groups attached to an aromatic ring is 2. The number of hydrogen-bond donors (Lipinski definition) is 2. The van der Waals surface area contributed by atoms with Crippen LogP contribution in [0, 0.1) is 5.92 Å². The quantitative estimate of drug-likeness (QED) is 0.565. The number of anilines is 2. The third-order valence-corrected chi connectivity index (χ3v) is 7.14. The van der Waals surface area contributed by atoms with Crippen LogP contribution in [0.4, 0.5) is 11.4 Å². The fraction of sp³-hybridized carbons (Fsp3) is 0.308. The second-order valence-electron chi connectivity index (χ2n) is 8.67. The van der Waals surface area contributed by atoms with Crippen molar-refractivity contribution < 1.29 is 0 Å². The van der Waals surface area contributed by atoms with E-state index < -0.39 is 0 Å². The largest absolute Gasteiger partial charge is 0.399 e. The lowest BCUT2D eigenvalue weighted by Gasteiger charge is -2.46. The minimum Gasteiger partial charge on any atom is -0.399 e. The Labute approximate surface area is 168 Å². The SMILES string of the molecule is CCC1CC(C)(c2ccc(N)cc2)c2ccc(cc2)C1(C)c1ccc(N)cc1. The molecule has 2 heteroatoms. The third-order valence-electron chi connectivity index (χ3n) is 7.14. The molecule has 144 valence electrons. The van der Waals surface area contributed by atoms with Gasteiger partial charge in [-0.15, -0.1) is 0 Å². The van der Waals surface area contributed by atoms with Gasteiger partial charge in [-0.25, -0.2) is 0 Å². The van der Waals surface area contributed by atoms with Gasteiger partial charge in [-0.1, -0.05) is 75.7 Å². The van der Waals surface area contributed by atoms with Gasteiger partial charge in [-0.05, 0) is 58.9 Å². The summed E-state index contributed by atoms with van der Waals surface area (Å²) in [5, 5.41) is 0. The van der Waals surface area contributed by atoms with Crippen LogP contribution in [-0.4, -0.2) is 0 Å². The molecule has 3 aromatic carbocycles. The molecule has 3 aromatic rings. The van der Waals surface area contributed by atoms with Crippen LogP contribution in [-0.2, 0) is 10.8 Å². The molecule has 0 saturated heterocycles. The Bertz CT molecular complexity index is 957. The van der Waals surface area contributed by atoms with Crippen LogP contribution in [0.5, 0.6) is 0 Å². The lowest BCUT2D eigenvalue weighted by atomic mass is 9.57. The normalized spacial score (nSPS) is 26.6. The van der Waals surface area contributed by atoms with Gasteiger partial charge < -0.3 is 11.5 Å². The first-order valence-electron chi connectivity index (χ1n) is 10.2. The summed E-state index contributed by atoms with van der Waals surface area (Å²) in [7, 11) is 0. The summed E-state index contributed by atoms with van der Waals surface area (Å²) in [5.74, 6) is 0.499. The Kier molecular flexibility index (Phi) is 4.45. The molecule has 0 aromatic heterocycles. The van der Waals surface area contributed by atoms with Gasteiger partial charge in [-0.3, -0.25) is 0 Å². The summed E-state index contributed by atoms with van der Waals surface area (Å²) in [6, 6.07) is 26.2. The zero-order valence-electron chi connectivity index (χ0n) is 17.1. The molecule has 2 aliphatic carbocycles. The summed E-state index contributed by atoms with van der Waals surface area (Å²) in [6.45, 7) is 7.10. The van der Waals surface area contributed by atoms with Crippen molar-refractivity contribution in [3.05, 3.63) is 95.1 Å². The van der Waals surface area contributed by atoms with Crippen molar-refractivity contribution in [3.63, 3.8) is 0 Å². The molecule has 4 N–H and O–H groups in total. The van der Waals surface area contributed by atoms with Crippen molar-refractivity contribution in [1.82, 2.24) is 0 Å². The first-order chi connectivity index (χ1) is 13.4. The molecule has 2 aliphatic rings. The minimum absolute atomic E-state index is 0.0532. The van der Waals surface area contributed by atoms with Crippen LogP contribution in [0.2, 0.25) is 0 Å². The Balaban J connectivity index is 1.90. The molecule has 0 amide bonds. The number of fused-ring (bicyclic) bond motifs is 5. The van der Waals surface area contributed by atoms with E-state index in [-0.39, 0.29) is 10.8 Å². The average molecular weight is 371 g/mol. The molecule has 0 radical (unpaired) electrons. The van der Waals surface area contributed by atoms with Gasteiger partial charge in [0.15, 0.2) is 0 Å². The second kappa shape index (κ2) is 6.70. The highest BCUT2D eigenvalue weighted by atomic mass is 14.5. The van der Waals surface area contributed by atoms with E-state index in [1.165, 1.54) is 22.3 Å². The lowest BCUT2D eigenvalue weighted by Crippen LogP contribution is -2.40. The zero-order valence-corrected chi connectivity index (χ0v) is 17.1. The molecule has 0 heterocycles. The smallest absolute Gasteiger partial charge is 0.0314 e. The molecule has 0 aliphatic heterocycles. The van der Waals surface area contributed by atoms with Crippen molar-refractivity contribution in [3.8, 4) is 0 Å². The van der Waals surface area contributed by atoms with Crippen LogP contribution in [0.3, 0.4) is 0 Å². The monoisotopic (exact) mass is 370 g/mol.